The molecule has 0 unspecified atom stereocenters. The molecule has 1 aromatic carbocycles. The minimum atomic E-state index is -3.14. The Morgan fingerprint density at radius 1 is 1.05 bits per heavy atom. The minimum Gasteiger partial charge on any atom is -0.367 e. The summed E-state index contributed by atoms with van der Waals surface area (Å²) in [4.78, 5) is 37.9. The number of sulfone groups is 1. The van der Waals surface area contributed by atoms with Crippen LogP contribution in [0.15, 0.2) is 53.7 Å². The molecule has 0 spiro atoms. The predicted molar refractivity (Wildman–Crippen MR) is 165 cm³/mol. The van der Waals surface area contributed by atoms with Gasteiger partial charge >= 0.3 is 0 Å². The maximum atomic E-state index is 13.6. The van der Waals surface area contributed by atoms with Crippen LogP contribution in [0.25, 0.3) is 44.3 Å². The van der Waals surface area contributed by atoms with Crippen molar-refractivity contribution in [1.82, 2.24) is 29.2 Å². The molecule has 6 rings (SSSR count). The topological polar surface area (TPSA) is 126 Å². The molecule has 1 fully saturated rings. The number of carbonyl (C=O) groups is 1. The Morgan fingerprint density at radius 3 is 2.33 bits per heavy atom. The highest BCUT2D eigenvalue weighted by Gasteiger charge is 2.29. The van der Waals surface area contributed by atoms with Gasteiger partial charge in [0.2, 0.25) is 0 Å². The van der Waals surface area contributed by atoms with E-state index in [0.29, 0.717) is 48.3 Å². The summed E-state index contributed by atoms with van der Waals surface area (Å²) in [5.74, 6) is -0.0839. The van der Waals surface area contributed by atoms with E-state index in [9.17, 15) is 18.0 Å². The number of aromatic nitrogens is 5. The van der Waals surface area contributed by atoms with Crippen LogP contribution in [0.3, 0.4) is 0 Å². The van der Waals surface area contributed by atoms with E-state index in [1.165, 1.54) is 6.26 Å². The Labute approximate surface area is 243 Å². The van der Waals surface area contributed by atoms with Crippen LogP contribution in [0.1, 0.15) is 23.2 Å². The van der Waals surface area contributed by atoms with E-state index in [-0.39, 0.29) is 11.5 Å². The summed E-state index contributed by atoms with van der Waals surface area (Å²) in [5.41, 5.74) is 5.77. The molecule has 5 heterocycles. The number of nitrogens with one attached hydrogen (secondary N) is 1. The van der Waals surface area contributed by atoms with E-state index in [1.807, 2.05) is 48.5 Å². The summed E-state index contributed by atoms with van der Waals surface area (Å²) in [6.07, 6.45) is 7.64. The van der Waals surface area contributed by atoms with E-state index in [2.05, 4.69) is 10.1 Å². The van der Waals surface area contributed by atoms with Crippen LogP contribution in [0, 0.1) is 0 Å². The van der Waals surface area contributed by atoms with Crippen LogP contribution >= 0.6 is 0 Å². The van der Waals surface area contributed by atoms with Crippen LogP contribution in [0.2, 0.25) is 0 Å². The minimum absolute atomic E-state index is 0.0839. The third-order valence-corrected chi connectivity index (χ3v) is 9.90. The highest BCUT2D eigenvalue weighted by atomic mass is 32.2. The molecule has 0 atom stereocenters. The lowest BCUT2D eigenvalue weighted by molar-refractivity contribution is 0.0827. The first kappa shape index (κ1) is 27.7. The first-order valence-corrected chi connectivity index (χ1v) is 15.7. The van der Waals surface area contributed by atoms with Crippen molar-refractivity contribution in [3.8, 4) is 22.4 Å². The largest absolute Gasteiger partial charge is 0.367 e. The van der Waals surface area contributed by atoms with Gasteiger partial charge in [-0.1, -0.05) is 12.1 Å². The van der Waals surface area contributed by atoms with E-state index < -0.39 is 15.1 Å². The van der Waals surface area contributed by atoms with E-state index in [4.69, 9.17) is 4.98 Å². The summed E-state index contributed by atoms with van der Waals surface area (Å²) in [5, 5.41) is 5.67. The van der Waals surface area contributed by atoms with Crippen molar-refractivity contribution < 1.29 is 13.2 Å². The van der Waals surface area contributed by atoms with Crippen LogP contribution in [-0.2, 0) is 23.9 Å². The molecule has 0 saturated carbocycles. The molecule has 1 saturated heterocycles. The van der Waals surface area contributed by atoms with Gasteiger partial charge in [-0.25, -0.2) is 13.4 Å². The third-order valence-electron chi connectivity index (χ3n) is 8.22. The van der Waals surface area contributed by atoms with Crippen molar-refractivity contribution in [3.05, 3.63) is 64.8 Å². The molecule has 0 bridgehead atoms. The standard InChI is InChI=1S/C30H33N7O4S/c1-34(2)29(38)19-8-6-18(7-9-19)25-26-22-14-23(37-12-10-21(11-13-37)42(5,40)41)30(39)36(4)24(22)16-31-28(26)33-27(25)20-15-32-35(3)17-20/h6-9,14-17,21H,10-13H2,1-5H3,(H,31,33). The van der Waals surface area contributed by atoms with Crippen LogP contribution in [-0.4, -0.2) is 82.2 Å². The van der Waals surface area contributed by atoms with Gasteiger partial charge in [-0.2, -0.15) is 5.10 Å². The number of fused-ring (bicyclic) bond motifs is 3. The highest BCUT2D eigenvalue weighted by molar-refractivity contribution is 7.91. The van der Waals surface area contributed by atoms with Gasteiger partial charge in [0, 0.05) is 81.2 Å². The van der Waals surface area contributed by atoms with Crippen LogP contribution in [0.4, 0.5) is 5.69 Å². The van der Waals surface area contributed by atoms with Crippen molar-refractivity contribution in [1.29, 1.82) is 0 Å². The van der Waals surface area contributed by atoms with Crippen molar-refractivity contribution in [2.24, 2.45) is 14.1 Å². The summed E-state index contributed by atoms with van der Waals surface area (Å²) >= 11 is 0. The number of amides is 1. The number of hydrogen-bond donors (Lipinski definition) is 1. The number of hydrogen-bond acceptors (Lipinski definition) is 7. The smallest absolute Gasteiger partial charge is 0.274 e. The molecule has 0 aliphatic carbocycles. The van der Waals surface area contributed by atoms with Crippen LogP contribution < -0.4 is 10.5 Å². The fourth-order valence-corrected chi connectivity index (χ4v) is 6.97. The molecule has 5 aromatic rings. The number of anilines is 1. The summed E-state index contributed by atoms with van der Waals surface area (Å²) in [7, 11) is 3.90. The molecular weight excluding hydrogens is 554 g/mol. The Morgan fingerprint density at radius 2 is 1.74 bits per heavy atom. The number of carbonyl (C=O) groups excluding carboxylic acids is 1. The second-order valence-corrected chi connectivity index (χ2v) is 13.6. The number of aromatic amines is 1. The number of H-pyrrole nitrogens is 1. The third kappa shape index (κ3) is 4.65. The zero-order valence-electron chi connectivity index (χ0n) is 24.2. The van der Waals surface area contributed by atoms with Crippen molar-refractivity contribution in [3.63, 3.8) is 0 Å². The summed E-state index contributed by atoms with van der Waals surface area (Å²) in [6.45, 7) is 0.962. The van der Waals surface area contributed by atoms with Gasteiger partial charge in [0.05, 0.1) is 28.9 Å². The number of rotatable bonds is 5. The van der Waals surface area contributed by atoms with Gasteiger partial charge in [0.15, 0.2) is 0 Å². The van der Waals surface area contributed by atoms with E-state index in [1.54, 1.807) is 47.7 Å². The Balaban J connectivity index is 1.58. The van der Waals surface area contributed by atoms with E-state index >= 15 is 0 Å². The Bertz CT molecular complexity index is 2010. The molecule has 218 valence electrons. The lowest BCUT2D eigenvalue weighted by Crippen LogP contribution is -2.41. The molecule has 42 heavy (non-hydrogen) atoms. The van der Waals surface area contributed by atoms with Gasteiger partial charge in [0.1, 0.15) is 21.2 Å². The number of aryl methyl sites for hydroxylation is 2. The summed E-state index contributed by atoms with van der Waals surface area (Å²) in [6, 6.07) is 9.40. The first-order valence-electron chi connectivity index (χ1n) is 13.7. The second kappa shape index (κ2) is 10.1. The molecule has 4 aromatic heterocycles. The highest BCUT2D eigenvalue weighted by Crippen LogP contribution is 2.41. The zero-order chi connectivity index (χ0) is 29.9. The molecular formula is C30H33N7O4S. The van der Waals surface area contributed by atoms with Gasteiger partial charge < -0.3 is 19.4 Å². The molecule has 0 radical (unpaired) electrons. The monoisotopic (exact) mass is 587 g/mol. The fourth-order valence-electron chi connectivity index (χ4n) is 5.91. The summed E-state index contributed by atoms with van der Waals surface area (Å²) < 4.78 is 27.6. The fraction of sp³-hybridized carbons (Fsp3) is 0.333. The lowest BCUT2D eigenvalue weighted by Gasteiger charge is -2.32. The Kier molecular flexibility index (Phi) is 6.68. The van der Waals surface area contributed by atoms with Crippen molar-refractivity contribution >= 4 is 43.4 Å². The van der Waals surface area contributed by atoms with Gasteiger partial charge in [0.25, 0.3) is 11.5 Å². The molecule has 1 aliphatic heterocycles. The van der Waals surface area contributed by atoms with Crippen molar-refractivity contribution in [2.45, 2.75) is 18.1 Å². The maximum Gasteiger partial charge on any atom is 0.274 e. The second-order valence-electron chi connectivity index (χ2n) is 11.2. The van der Waals surface area contributed by atoms with Gasteiger partial charge in [-0.05, 0) is 36.6 Å². The average molecular weight is 588 g/mol. The number of nitrogens with zero attached hydrogens (tertiary/aromatic N) is 6. The normalized spacial score (nSPS) is 14.6. The zero-order valence-corrected chi connectivity index (χ0v) is 25.1. The van der Waals surface area contributed by atoms with Crippen molar-refractivity contribution in [2.75, 3.05) is 38.3 Å². The molecule has 1 amide bonds. The number of pyridine rings is 2. The lowest BCUT2D eigenvalue weighted by atomic mass is 9.97. The Hall–Kier alpha value is -4.45. The first-order chi connectivity index (χ1) is 19.9. The number of benzene rings is 1. The van der Waals surface area contributed by atoms with Gasteiger partial charge in [-0.15, -0.1) is 0 Å². The van der Waals surface area contributed by atoms with Crippen LogP contribution in [0.5, 0.6) is 0 Å². The average Bonchev–Trinajstić information content (AvgIpc) is 3.57. The molecule has 1 aliphatic rings. The molecule has 11 nitrogen and oxygen atoms in total. The number of piperidine rings is 1. The molecule has 1 N–H and O–H groups in total. The maximum absolute atomic E-state index is 13.6. The SMILES string of the molecule is CN(C)C(=O)c1ccc(-c2c(-c3cnn(C)c3)[nH]c3ncc4c(cc(N5CCC(S(C)(=O)=O)CC5)c(=O)n4C)c23)cc1. The quantitative estimate of drug-likeness (QED) is 0.335. The van der Waals surface area contributed by atoms with Gasteiger partial charge in [-0.3, -0.25) is 14.3 Å². The molecule has 12 heteroatoms. The van der Waals surface area contributed by atoms with E-state index in [0.717, 1.165) is 33.2 Å². The predicted octanol–water partition coefficient (Wildman–Crippen LogP) is 3.20.